The van der Waals surface area contributed by atoms with E-state index >= 15 is 0 Å². The Morgan fingerprint density at radius 1 is 1.39 bits per heavy atom. The SMILES string of the molecule is CCC(C)(O)CNS(=O)(=O)c1cc(C)cc(N)c1. The van der Waals surface area contributed by atoms with E-state index in [9.17, 15) is 13.5 Å². The predicted octanol–water partition coefficient (Wildman–Crippen LogP) is 1.02. The minimum absolute atomic E-state index is 0.0281. The van der Waals surface area contributed by atoms with Crippen LogP contribution in [0.25, 0.3) is 0 Å². The Hall–Kier alpha value is -1.11. The molecule has 1 aromatic carbocycles. The number of hydrogen-bond donors (Lipinski definition) is 3. The van der Waals surface area contributed by atoms with Gasteiger partial charge in [0.25, 0.3) is 0 Å². The number of aliphatic hydroxyl groups is 1. The van der Waals surface area contributed by atoms with E-state index < -0.39 is 15.6 Å². The van der Waals surface area contributed by atoms with Crippen LogP contribution in [0, 0.1) is 6.92 Å². The molecule has 0 aliphatic heterocycles. The van der Waals surface area contributed by atoms with E-state index in [-0.39, 0.29) is 11.4 Å². The molecule has 5 nitrogen and oxygen atoms in total. The van der Waals surface area contributed by atoms with E-state index in [2.05, 4.69) is 4.72 Å². The fourth-order valence-corrected chi connectivity index (χ4v) is 2.69. The number of nitrogen functional groups attached to an aromatic ring is 1. The molecule has 6 heteroatoms. The predicted molar refractivity (Wildman–Crippen MR) is 71.7 cm³/mol. The summed E-state index contributed by atoms with van der Waals surface area (Å²) in [5, 5.41) is 9.79. The topological polar surface area (TPSA) is 92.4 Å². The highest BCUT2D eigenvalue weighted by molar-refractivity contribution is 7.89. The molecule has 1 atom stereocenters. The van der Waals surface area contributed by atoms with E-state index in [0.717, 1.165) is 5.56 Å². The first kappa shape index (κ1) is 14.9. The fourth-order valence-electron chi connectivity index (χ4n) is 1.39. The summed E-state index contributed by atoms with van der Waals surface area (Å²) in [5.41, 5.74) is 5.75. The van der Waals surface area contributed by atoms with Crippen LogP contribution in [0.2, 0.25) is 0 Å². The summed E-state index contributed by atoms with van der Waals surface area (Å²) in [5.74, 6) is 0. The van der Waals surface area contributed by atoms with Gasteiger partial charge in [-0.05, 0) is 44.0 Å². The average Bonchev–Trinajstić information content (AvgIpc) is 2.25. The Morgan fingerprint density at radius 3 is 2.50 bits per heavy atom. The van der Waals surface area contributed by atoms with Crippen LogP contribution in [0.15, 0.2) is 23.1 Å². The molecule has 1 rings (SSSR count). The third-order valence-electron chi connectivity index (χ3n) is 2.79. The molecule has 0 aliphatic carbocycles. The van der Waals surface area contributed by atoms with Crippen molar-refractivity contribution in [2.45, 2.75) is 37.7 Å². The van der Waals surface area contributed by atoms with Crippen molar-refractivity contribution in [2.24, 2.45) is 0 Å². The monoisotopic (exact) mass is 272 g/mol. The minimum atomic E-state index is -3.64. The van der Waals surface area contributed by atoms with E-state index in [4.69, 9.17) is 5.73 Å². The van der Waals surface area contributed by atoms with Gasteiger partial charge in [-0.25, -0.2) is 13.1 Å². The van der Waals surface area contributed by atoms with Gasteiger partial charge >= 0.3 is 0 Å². The van der Waals surface area contributed by atoms with Crippen molar-refractivity contribution >= 4 is 15.7 Å². The molecule has 0 amide bonds. The number of rotatable bonds is 5. The zero-order chi connectivity index (χ0) is 14.0. The molecule has 1 aromatic rings. The van der Waals surface area contributed by atoms with Crippen molar-refractivity contribution in [3.05, 3.63) is 23.8 Å². The Kier molecular flexibility index (Phi) is 4.37. The van der Waals surface area contributed by atoms with Crippen molar-refractivity contribution in [1.82, 2.24) is 4.72 Å². The fraction of sp³-hybridized carbons (Fsp3) is 0.500. The van der Waals surface area contributed by atoms with Crippen LogP contribution >= 0.6 is 0 Å². The second-order valence-corrected chi connectivity index (χ2v) is 6.52. The zero-order valence-electron chi connectivity index (χ0n) is 10.9. The molecule has 0 aliphatic rings. The Morgan fingerprint density at radius 2 is 2.00 bits per heavy atom. The van der Waals surface area contributed by atoms with Gasteiger partial charge in [-0.15, -0.1) is 0 Å². The molecule has 0 aromatic heterocycles. The van der Waals surface area contributed by atoms with Crippen LogP contribution < -0.4 is 10.5 Å². The molecule has 102 valence electrons. The smallest absolute Gasteiger partial charge is 0.240 e. The van der Waals surface area contributed by atoms with Gasteiger partial charge in [0.2, 0.25) is 10.0 Å². The van der Waals surface area contributed by atoms with Crippen molar-refractivity contribution in [2.75, 3.05) is 12.3 Å². The molecule has 0 bridgehead atoms. The lowest BCUT2D eigenvalue weighted by atomic mass is 10.1. The first-order valence-electron chi connectivity index (χ1n) is 5.75. The van der Waals surface area contributed by atoms with Crippen molar-refractivity contribution in [3.8, 4) is 0 Å². The second kappa shape index (κ2) is 5.26. The van der Waals surface area contributed by atoms with Crippen molar-refractivity contribution < 1.29 is 13.5 Å². The second-order valence-electron chi connectivity index (χ2n) is 4.75. The largest absolute Gasteiger partial charge is 0.399 e. The maximum absolute atomic E-state index is 12.0. The van der Waals surface area contributed by atoms with Gasteiger partial charge in [0.1, 0.15) is 0 Å². The maximum Gasteiger partial charge on any atom is 0.240 e. The third-order valence-corrected chi connectivity index (χ3v) is 4.17. The summed E-state index contributed by atoms with van der Waals surface area (Å²) < 4.78 is 26.4. The number of hydrogen-bond acceptors (Lipinski definition) is 4. The highest BCUT2D eigenvalue weighted by atomic mass is 32.2. The number of anilines is 1. The third kappa shape index (κ3) is 3.97. The van der Waals surface area contributed by atoms with Crippen molar-refractivity contribution in [1.29, 1.82) is 0 Å². The zero-order valence-corrected chi connectivity index (χ0v) is 11.7. The van der Waals surface area contributed by atoms with Gasteiger partial charge in [-0.3, -0.25) is 0 Å². The van der Waals surface area contributed by atoms with E-state index in [1.807, 2.05) is 0 Å². The minimum Gasteiger partial charge on any atom is -0.399 e. The molecular weight excluding hydrogens is 252 g/mol. The molecule has 0 saturated carbocycles. The molecular formula is C12H20N2O3S. The van der Waals surface area contributed by atoms with Gasteiger partial charge in [0.05, 0.1) is 10.5 Å². The molecule has 0 spiro atoms. The number of aryl methyl sites for hydroxylation is 1. The molecule has 18 heavy (non-hydrogen) atoms. The number of sulfonamides is 1. The quantitative estimate of drug-likeness (QED) is 0.698. The molecule has 0 saturated heterocycles. The van der Waals surface area contributed by atoms with E-state index in [1.54, 1.807) is 32.9 Å². The van der Waals surface area contributed by atoms with Gasteiger partial charge in [0, 0.05) is 12.2 Å². The Balaban J connectivity index is 2.93. The van der Waals surface area contributed by atoms with E-state index in [0.29, 0.717) is 12.1 Å². The number of nitrogens with one attached hydrogen (secondary N) is 1. The first-order valence-corrected chi connectivity index (χ1v) is 7.24. The summed E-state index contributed by atoms with van der Waals surface area (Å²) in [6.45, 7) is 5.12. The van der Waals surface area contributed by atoms with Gasteiger partial charge in [-0.1, -0.05) is 6.92 Å². The standard InChI is InChI=1S/C12H20N2O3S/c1-4-12(3,15)8-14-18(16,17)11-6-9(2)5-10(13)7-11/h5-7,14-15H,4,8,13H2,1-3H3. The van der Waals surface area contributed by atoms with E-state index in [1.165, 1.54) is 6.07 Å². The van der Waals surface area contributed by atoms with Crippen LogP contribution in [0.1, 0.15) is 25.8 Å². The molecule has 4 N–H and O–H groups in total. The van der Waals surface area contributed by atoms with Crippen LogP contribution in [-0.2, 0) is 10.0 Å². The summed E-state index contributed by atoms with van der Waals surface area (Å²) in [6.07, 6.45) is 0.464. The summed E-state index contributed by atoms with van der Waals surface area (Å²) in [6, 6.07) is 4.64. The van der Waals surface area contributed by atoms with Crippen LogP contribution in [-0.4, -0.2) is 25.7 Å². The molecule has 0 fully saturated rings. The highest BCUT2D eigenvalue weighted by Crippen LogP contribution is 2.17. The highest BCUT2D eigenvalue weighted by Gasteiger charge is 2.22. The van der Waals surface area contributed by atoms with Gasteiger partial charge in [-0.2, -0.15) is 0 Å². The van der Waals surface area contributed by atoms with Crippen molar-refractivity contribution in [3.63, 3.8) is 0 Å². The molecule has 0 heterocycles. The molecule has 1 unspecified atom stereocenters. The van der Waals surface area contributed by atoms with Crippen LogP contribution in [0.4, 0.5) is 5.69 Å². The average molecular weight is 272 g/mol. The van der Waals surface area contributed by atoms with Crippen LogP contribution in [0.5, 0.6) is 0 Å². The molecule has 0 radical (unpaired) electrons. The lowest BCUT2D eigenvalue weighted by Gasteiger charge is -2.21. The van der Waals surface area contributed by atoms with Gasteiger partial charge < -0.3 is 10.8 Å². The Labute approximate surface area is 108 Å². The summed E-state index contributed by atoms with van der Waals surface area (Å²) >= 11 is 0. The van der Waals surface area contributed by atoms with Crippen LogP contribution in [0.3, 0.4) is 0 Å². The normalized spacial score (nSPS) is 15.3. The lowest BCUT2D eigenvalue weighted by Crippen LogP contribution is -2.40. The lowest BCUT2D eigenvalue weighted by molar-refractivity contribution is 0.0613. The first-order chi connectivity index (χ1) is 8.16. The maximum atomic E-state index is 12.0. The number of benzene rings is 1. The number of nitrogens with two attached hydrogens (primary N) is 1. The Bertz CT molecular complexity index is 504. The summed E-state index contributed by atoms with van der Waals surface area (Å²) in [4.78, 5) is 0.118. The van der Waals surface area contributed by atoms with Gasteiger partial charge in [0.15, 0.2) is 0 Å². The summed E-state index contributed by atoms with van der Waals surface area (Å²) in [7, 11) is -3.64.